The fraction of sp³-hybridized carbons (Fsp3) is 0.500. The number of ether oxygens (including phenoxy) is 3. The number of carbonyl (C=O) groups is 3. The Morgan fingerprint density at radius 2 is 1.52 bits per heavy atom. The van der Waals surface area contributed by atoms with Crippen molar-refractivity contribution in [3.63, 3.8) is 0 Å². The number of carbonyl (C=O) groups excluding carboxylic acids is 3. The number of aliphatic hydroxyl groups excluding tert-OH is 1. The summed E-state index contributed by atoms with van der Waals surface area (Å²) in [5, 5.41) is 9.28. The van der Waals surface area contributed by atoms with Crippen molar-refractivity contribution in [1.82, 2.24) is 4.90 Å². The van der Waals surface area contributed by atoms with Gasteiger partial charge in [0.2, 0.25) is 11.8 Å². The summed E-state index contributed by atoms with van der Waals surface area (Å²) in [4.78, 5) is 49.2. The van der Waals surface area contributed by atoms with Gasteiger partial charge in [-0.15, -0.1) is 13.2 Å². The first-order chi connectivity index (χ1) is 23.2. The van der Waals surface area contributed by atoms with E-state index < -0.39 is 29.1 Å². The van der Waals surface area contributed by atoms with E-state index in [-0.39, 0.29) is 37.4 Å². The van der Waals surface area contributed by atoms with E-state index in [4.69, 9.17) is 14.2 Å². The van der Waals surface area contributed by atoms with Crippen LogP contribution < -0.4 is 19.3 Å². The molecular weight excluding hydrogens is 610 g/mol. The lowest BCUT2D eigenvalue weighted by molar-refractivity contribution is -0.144. The van der Waals surface area contributed by atoms with Crippen molar-refractivity contribution in [3.05, 3.63) is 73.8 Å². The normalized spacial score (nSPS) is 25.5. The molecule has 2 bridgehead atoms. The number of hydrogen-bond acceptors (Lipinski definition) is 7. The fourth-order valence-corrected chi connectivity index (χ4v) is 7.94. The molecule has 48 heavy (non-hydrogen) atoms. The second-order valence-electron chi connectivity index (χ2n) is 13.0. The number of likely N-dealkylation sites (tertiary alicyclic amines) is 1. The summed E-state index contributed by atoms with van der Waals surface area (Å²) in [5.74, 6) is -0.984. The monoisotopic (exact) mass is 659 g/mol. The SMILES string of the molecule is C=CCN(C(=O)C1N(CCCCCCO)C(=O)[C@@H]2[C@@H](C(=O)N(CC=C)c3ccc(OCC)cc3)[C@@]3(C)CCC12O3)c1ccc(OC)cc1. The number of unbranched alkanes of at least 4 members (excludes halogenated alkanes) is 3. The van der Waals surface area contributed by atoms with E-state index in [1.165, 1.54) is 0 Å². The van der Waals surface area contributed by atoms with E-state index in [0.717, 1.165) is 12.8 Å². The second kappa shape index (κ2) is 15.0. The van der Waals surface area contributed by atoms with Gasteiger partial charge in [-0.2, -0.15) is 0 Å². The number of nitrogens with zero attached hydrogens (tertiary/aromatic N) is 3. The molecule has 0 aromatic heterocycles. The van der Waals surface area contributed by atoms with E-state index >= 15 is 0 Å². The molecule has 1 spiro atoms. The summed E-state index contributed by atoms with van der Waals surface area (Å²) in [6, 6.07) is 13.6. The predicted molar refractivity (Wildman–Crippen MR) is 185 cm³/mol. The molecule has 3 saturated heterocycles. The minimum Gasteiger partial charge on any atom is -0.497 e. The zero-order valence-corrected chi connectivity index (χ0v) is 28.4. The van der Waals surface area contributed by atoms with Crippen molar-refractivity contribution in [1.29, 1.82) is 0 Å². The molecule has 10 nitrogen and oxygen atoms in total. The first-order valence-corrected chi connectivity index (χ1v) is 17.0. The van der Waals surface area contributed by atoms with Crippen LogP contribution in [0.3, 0.4) is 0 Å². The van der Waals surface area contributed by atoms with Crippen LogP contribution >= 0.6 is 0 Å². The first kappa shape index (κ1) is 35.2. The summed E-state index contributed by atoms with van der Waals surface area (Å²) in [6.07, 6.45) is 7.30. The van der Waals surface area contributed by atoms with Crippen LogP contribution in [-0.4, -0.2) is 84.9 Å². The molecule has 2 aromatic carbocycles. The number of anilines is 2. The summed E-state index contributed by atoms with van der Waals surface area (Å²) < 4.78 is 17.9. The van der Waals surface area contributed by atoms with Gasteiger partial charge < -0.3 is 34.0 Å². The minimum absolute atomic E-state index is 0.110. The highest BCUT2D eigenvalue weighted by atomic mass is 16.5. The average Bonchev–Trinajstić information content (AvgIpc) is 3.66. The Bertz CT molecular complexity index is 1480. The Morgan fingerprint density at radius 1 is 0.938 bits per heavy atom. The lowest BCUT2D eigenvalue weighted by Crippen LogP contribution is -2.56. The van der Waals surface area contributed by atoms with Gasteiger partial charge >= 0.3 is 0 Å². The van der Waals surface area contributed by atoms with E-state index in [2.05, 4.69) is 13.2 Å². The number of aliphatic hydroxyl groups is 1. The van der Waals surface area contributed by atoms with Gasteiger partial charge in [0.1, 0.15) is 23.1 Å². The maximum Gasteiger partial charge on any atom is 0.253 e. The van der Waals surface area contributed by atoms with E-state index in [1.54, 1.807) is 46.1 Å². The van der Waals surface area contributed by atoms with Crippen molar-refractivity contribution in [3.8, 4) is 11.5 Å². The Labute approximate surface area is 283 Å². The zero-order valence-electron chi connectivity index (χ0n) is 28.4. The summed E-state index contributed by atoms with van der Waals surface area (Å²) in [7, 11) is 1.59. The molecular formula is C38H49N3O7. The Morgan fingerprint density at radius 3 is 2.08 bits per heavy atom. The summed E-state index contributed by atoms with van der Waals surface area (Å²) in [5.41, 5.74) is -0.787. The number of hydrogen-bond donors (Lipinski definition) is 1. The lowest BCUT2D eigenvalue weighted by Gasteiger charge is -2.37. The largest absolute Gasteiger partial charge is 0.497 e. The van der Waals surface area contributed by atoms with Crippen molar-refractivity contribution < 1.29 is 33.7 Å². The van der Waals surface area contributed by atoms with Gasteiger partial charge in [-0.3, -0.25) is 14.4 Å². The van der Waals surface area contributed by atoms with Crippen LogP contribution in [-0.2, 0) is 19.1 Å². The highest BCUT2D eigenvalue weighted by Crippen LogP contribution is 2.63. The van der Waals surface area contributed by atoms with Gasteiger partial charge in [-0.05, 0) is 88.1 Å². The molecule has 3 aliphatic heterocycles. The third kappa shape index (κ3) is 6.35. The van der Waals surface area contributed by atoms with Crippen molar-refractivity contribution in [2.75, 3.05) is 49.8 Å². The van der Waals surface area contributed by atoms with Crippen LogP contribution in [0.1, 0.15) is 52.4 Å². The third-order valence-corrected chi connectivity index (χ3v) is 10.1. The average molecular weight is 660 g/mol. The van der Waals surface area contributed by atoms with Crippen LogP contribution in [0.25, 0.3) is 0 Å². The number of benzene rings is 2. The predicted octanol–water partition coefficient (Wildman–Crippen LogP) is 5.15. The Kier molecular flexibility index (Phi) is 11.0. The molecule has 1 N–H and O–H groups in total. The molecule has 3 amide bonds. The zero-order chi connectivity index (χ0) is 34.5. The first-order valence-electron chi connectivity index (χ1n) is 17.0. The van der Waals surface area contributed by atoms with E-state index in [0.29, 0.717) is 61.7 Å². The van der Waals surface area contributed by atoms with Crippen molar-refractivity contribution in [2.45, 2.75) is 69.6 Å². The Hall–Kier alpha value is -4.15. The maximum atomic E-state index is 14.9. The molecule has 2 unspecified atom stereocenters. The number of amides is 3. The second-order valence-corrected chi connectivity index (χ2v) is 13.0. The van der Waals surface area contributed by atoms with Gasteiger partial charge in [0.05, 0.1) is 31.2 Å². The molecule has 2 aromatic rings. The molecule has 0 saturated carbocycles. The molecule has 0 radical (unpaired) electrons. The molecule has 3 fully saturated rings. The lowest BCUT2D eigenvalue weighted by atomic mass is 9.66. The van der Waals surface area contributed by atoms with Gasteiger partial charge in [-0.25, -0.2) is 0 Å². The fourth-order valence-electron chi connectivity index (χ4n) is 7.94. The topological polar surface area (TPSA) is 109 Å². The number of fused-ring (bicyclic) bond motifs is 1. The molecule has 3 aliphatic rings. The summed E-state index contributed by atoms with van der Waals surface area (Å²) in [6.45, 7) is 13.1. The molecule has 5 atom stereocenters. The maximum absolute atomic E-state index is 14.9. The van der Waals surface area contributed by atoms with Gasteiger partial charge in [0.15, 0.2) is 0 Å². The molecule has 10 heteroatoms. The van der Waals surface area contributed by atoms with E-state index in [1.807, 2.05) is 50.2 Å². The smallest absolute Gasteiger partial charge is 0.253 e. The third-order valence-electron chi connectivity index (χ3n) is 10.1. The van der Waals surface area contributed by atoms with Crippen LogP contribution in [0.2, 0.25) is 0 Å². The molecule has 0 aliphatic carbocycles. The van der Waals surface area contributed by atoms with Crippen molar-refractivity contribution >= 4 is 29.1 Å². The van der Waals surface area contributed by atoms with Gasteiger partial charge in [0.25, 0.3) is 5.91 Å². The highest BCUT2D eigenvalue weighted by Gasteiger charge is 2.78. The van der Waals surface area contributed by atoms with Crippen LogP contribution in [0.4, 0.5) is 11.4 Å². The quantitative estimate of drug-likeness (QED) is 0.185. The molecule has 3 heterocycles. The summed E-state index contributed by atoms with van der Waals surface area (Å²) >= 11 is 0. The van der Waals surface area contributed by atoms with Gasteiger partial charge in [0, 0.05) is 37.6 Å². The molecule has 5 rings (SSSR count). The van der Waals surface area contributed by atoms with Crippen LogP contribution in [0.15, 0.2) is 73.8 Å². The van der Waals surface area contributed by atoms with Gasteiger partial charge in [-0.1, -0.05) is 25.0 Å². The molecule has 258 valence electrons. The number of methoxy groups -OCH3 is 1. The number of rotatable bonds is 17. The standard InChI is InChI=1S/C38H49N3O7/c1-6-23-39(27-15-19-30(20-16-27)47-8-3)34(43)31-32-35(44)41(25-11-9-10-12-26-42)33(38(32)22-21-37(31,4)48-38)36(45)40(24-7-2)28-13-17-29(46-5)18-14-28/h6-7,13-20,31-33,42H,1-2,8-12,21-26H2,3-5H3/t31-,32-,33?,37+,38?/m0/s1. The van der Waals surface area contributed by atoms with E-state index in [9.17, 15) is 19.5 Å². The van der Waals surface area contributed by atoms with Crippen molar-refractivity contribution in [2.24, 2.45) is 11.8 Å². The highest BCUT2D eigenvalue weighted by molar-refractivity contribution is 6.06. The minimum atomic E-state index is -1.17. The Balaban J connectivity index is 1.53. The van der Waals surface area contributed by atoms with Crippen LogP contribution in [0.5, 0.6) is 11.5 Å². The van der Waals surface area contributed by atoms with Crippen LogP contribution in [0, 0.1) is 11.8 Å².